The minimum Gasteiger partial charge on any atom is -0.455 e. The molecule has 0 aromatic rings. The van der Waals surface area contributed by atoms with E-state index in [2.05, 4.69) is 14.2 Å². The number of ether oxygens (including phenoxy) is 3. The molecule has 36 heavy (non-hydrogen) atoms. The summed E-state index contributed by atoms with van der Waals surface area (Å²) >= 11 is 0. The zero-order valence-electron chi connectivity index (χ0n) is 20.7. The van der Waals surface area contributed by atoms with E-state index in [-0.39, 0.29) is 12.3 Å². The zero-order chi connectivity index (χ0) is 29.1. The molecule has 0 radical (unpaired) electrons. The van der Waals surface area contributed by atoms with Gasteiger partial charge in [0.15, 0.2) is 0 Å². The van der Waals surface area contributed by atoms with Gasteiger partial charge in [-0.25, -0.2) is 4.79 Å². The van der Waals surface area contributed by atoms with Crippen molar-refractivity contribution >= 4 is 22.1 Å². The average Bonchev–Trinajstić information content (AvgIpc) is 2.60. The van der Waals surface area contributed by atoms with Crippen LogP contribution in [0.3, 0.4) is 0 Å². The first-order chi connectivity index (χ1) is 15.7. The van der Waals surface area contributed by atoms with E-state index in [1.54, 1.807) is 13.8 Å². The van der Waals surface area contributed by atoms with E-state index < -0.39 is 75.7 Å². The smallest absolute Gasteiger partial charge is 0.455 e. The summed E-state index contributed by atoms with van der Waals surface area (Å²) in [5, 5.41) is -6.10. The second-order valence-corrected chi connectivity index (χ2v) is 11.3. The topological polar surface area (TPSA) is 116 Å². The lowest BCUT2D eigenvalue weighted by molar-refractivity contribution is -0.361. The normalized spacial score (nSPS) is 16.6. The summed E-state index contributed by atoms with van der Waals surface area (Å²) in [6.07, 6.45) is -8.39. The first kappa shape index (κ1) is 34.3. The average molecular weight is 565 g/mol. The Kier molecular flexibility index (Phi) is 10.8. The van der Waals surface area contributed by atoms with Crippen LogP contribution in [0.2, 0.25) is 0 Å². The van der Waals surface area contributed by atoms with Crippen molar-refractivity contribution in [2.75, 3.05) is 6.61 Å². The van der Waals surface area contributed by atoms with Gasteiger partial charge in [0.05, 0.1) is 12.5 Å². The lowest BCUT2D eigenvalue weighted by Gasteiger charge is -2.36. The van der Waals surface area contributed by atoms with Gasteiger partial charge in [0, 0.05) is 6.42 Å². The van der Waals surface area contributed by atoms with E-state index in [9.17, 15) is 48.7 Å². The number of halogens is 7. The van der Waals surface area contributed by atoms with Crippen LogP contribution in [0.25, 0.3) is 0 Å². The number of rotatable bonds is 12. The molecule has 1 N–H and O–H groups in total. The summed E-state index contributed by atoms with van der Waals surface area (Å²) in [5.41, 5.74) is -1.64. The number of alkyl halides is 7. The van der Waals surface area contributed by atoms with Crippen LogP contribution in [-0.4, -0.2) is 60.3 Å². The van der Waals surface area contributed by atoms with E-state index in [0.717, 1.165) is 20.8 Å². The highest BCUT2D eigenvalue weighted by Crippen LogP contribution is 2.43. The third-order valence-corrected chi connectivity index (χ3v) is 5.54. The van der Waals surface area contributed by atoms with Gasteiger partial charge in [-0.15, -0.1) is 0 Å². The maximum atomic E-state index is 14.2. The van der Waals surface area contributed by atoms with E-state index in [1.807, 2.05) is 0 Å². The monoisotopic (exact) mass is 564 g/mol. The molecule has 0 fully saturated rings. The molecular formula is C20H31F7O8S. The van der Waals surface area contributed by atoms with Crippen LogP contribution < -0.4 is 0 Å². The van der Waals surface area contributed by atoms with Crippen LogP contribution in [-0.2, 0) is 33.9 Å². The predicted molar refractivity (Wildman–Crippen MR) is 111 cm³/mol. The van der Waals surface area contributed by atoms with E-state index in [1.165, 1.54) is 13.8 Å². The molecule has 16 heteroatoms. The van der Waals surface area contributed by atoms with Crippen molar-refractivity contribution in [3.8, 4) is 0 Å². The van der Waals surface area contributed by atoms with Crippen LogP contribution in [0.1, 0.15) is 61.3 Å². The summed E-state index contributed by atoms with van der Waals surface area (Å²) in [5.74, 6) is -16.3. The minimum absolute atomic E-state index is 0.00257. The molecule has 0 aliphatic carbocycles. The molecule has 0 saturated carbocycles. The fraction of sp³-hybridized carbons (Fsp3) is 0.900. The van der Waals surface area contributed by atoms with Gasteiger partial charge in [0.1, 0.15) is 5.60 Å². The predicted octanol–water partition coefficient (Wildman–Crippen LogP) is 4.97. The molecule has 0 saturated heterocycles. The fourth-order valence-corrected chi connectivity index (χ4v) is 3.23. The molecule has 0 aliphatic heterocycles. The highest BCUT2D eigenvalue weighted by atomic mass is 32.2. The summed E-state index contributed by atoms with van der Waals surface area (Å²) in [6, 6.07) is 0. The Morgan fingerprint density at radius 1 is 0.889 bits per heavy atom. The molecule has 2 atom stereocenters. The highest BCUT2D eigenvalue weighted by Gasteiger charge is 2.70. The summed E-state index contributed by atoms with van der Waals surface area (Å²) in [6.45, 7) is 7.54. The van der Waals surface area contributed by atoms with Crippen molar-refractivity contribution in [1.29, 1.82) is 0 Å². The van der Waals surface area contributed by atoms with Gasteiger partial charge in [-0.1, -0.05) is 27.7 Å². The lowest BCUT2D eigenvalue weighted by Crippen LogP contribution is -2.60. The quantitative estimate of drug-likeness (QED) is 0.153. The number of carbonyl (C=O) groups excluding carboxylic acids is 2. The van der Waals surface area contributed by atoms with E-state index >= 15 is 0 Å². The van der Waals surface area contributed by atoms with Crippen molar-refractivity contribution in [3.05, 3.63) is 0 Å². The van der Waals surface area contributed by atoms with Gasteiger partial charge < -0.3 is 14.2 Å². The molecule has 2 unspecified atom stereocenters. The summed E-state index contributed by atoms with van der Waals surface area (Å²) in [7, 11) is -6.68. The fourth-order valence-electron chi connectivity index (χ4n) is 2.75. The van der Waals surface area contributed by atoms with Gasteiger partial charge in [0.25, 0.3) is 0 Å². The van der Waals surface area contributed by atoms with E-state index in [4.69, 9.17) is 4.55 Å². The molecule has 0 spiro atoms. The number of carbonyl (C=O) groups is 2. The molecule has 0 aromatic carbocycles. The molecular weight excluding hydrogens is 533 g/mol. The first-order valence-corrected chi connectivity index (χ1v) is 12.1. The molecule has 0 aromatic heterocycles. The Bertz CT molecular complexity index is 879. The largest absolute Gasteiger partial charge is 0.468 e. The van der Waals surface area contributed by atoms with Crippen LogP contribution in [0.4, 0.5) is 30.7 Å². The van der Waals surface area contributed by atoms with E-state index in [0.29, 0.717) is 0 Å². The van der Waals surface area contributed by atoms with Crippen molar-refractivity contribution in [2.24, 2.45) is 17.8 Å². The van der Waals surface area contributed by atoms with Crippen molar-refractivity contribution in [2.45, 2.75) is 90.0 Å². The van der Waals surface area contributed by atoms with Crippen molar-refractivity contribution < 1.29 is 67.5 Å². The Morgan fingerprint density at radius 2 is 1.36 bits per heavy atom. The van der Waals surface area contributed by atoms with Gasteiger partial charge in [-0.2, -0.15) is 39.2 Å². The zero-order valence-corrected chi connectivity index (χ0v) is 21.5. The minimum atomic E-state index is -6.68. The van der Waals surface area contributed by atoms with Crippen molar-refractivity contribution in [1.82, 2.24) is 0 Å². The molecule has 0 rings (SSSR count). The molecule has 0 amide bonds. The van der Waals surface area contributed by atoms with Crippen molar-refractivity contribution in [3.63, 3.8) is 0 Å². The molecule has 0 bridgehead atoms. The highest BCUT2D eigenvalue weighted by molar-refractivity contribution is 7.87. The molecule has 8 nitrogen and oxygen atoms in total. The maximum Gasteiger partial charge on any atom is 0.468 e. The standard InChI is InChI=1S/C20H31F7O8S/c1-11(2)10-13(12(3)4)14(28)34-18(19(23,24)25,15(29)35-16(5,6)7)33-9-8-17(21,22)20(26,27)36(30,31)32/h11-13H,8-10H2,1-7H3,(H,30,31,32). The van der Waals surface area contributed by atoms with Crippen LogP contribution in [0.5, 0.6) is 0 Å². The Balaban J connectivity index is 6.44. The van der Waals surface area contributed by atoms with Crippen LogP contribution in [0, 0.1) is 17.8 Å². The molecule has 0 heterocycles. The Morgan fingerprint density at radius 3 is 1.69 bits per heavy atom. The molecule has 214 valence electrons. The number of esters is 2. The number of hydrogen-bond donors (Lipinski definition) is 1. The third-order valence-electron chi connectivity index (χ3n) is 4.59. The van der Waals surface area contributed by atoms with Gasteiger partial charge in [0.2, 0.25) is 0 Å². The SMILES string of the molecule is CC(C)CC(C(=O)OC(OCCC(F)(F)C(F)(F)S(=O)(=O)O)(C(=O)OC(C)(C)C)C(F)(F)F)C(C)C. The van der Waals surface area contributed by atoms with Crippen LogP contribution >= 0.6 is 0 Å². The number of hydrogen-bond acceptors (Lipinski definition) is 7. The second kappa shape index (κ2) is 11.4. The second-order valence-electron chi connectivity index (χ2n) is 9.81. The van der Waals surface area contributed by atoms with Gasteiger partial charge in [-0.3, -0.25) is 9.35 Å². The summed E-state index contributed by atoms with van der Waals surface area (Å²) in [4.78, 5) is 25.3. The Labute approximate surface area is 204 Å². The lowest BCUT2D eigenvalue weighted by atomic mass is 9.87. The first-order valence-electron chi connectivity index (χ1n) is 10.6. The maximum absolute atomic E-state index is 14.2. The molecule has 0 aliphatic rings. The summed E-state index contributed by atoms with van der Waals surface area (Å²) < 4.78 is 140. The van der Waals surface area contributed by atoms with Crippen LogP contribution in [0.15, 0.2) is 0 Å². The third kappa shape index (κ3) is 8.43. The van der Waals surface area contributed by atoms with Gasteiger partial charge >= 0.3 is 45.2 Å². The Hall–Kier alpha value is -1.68. The van der Waals surface area contributed by atoms with Gasteiger partial charge in [-0.05, 0) is 39.0 Å².